The van der Waals surface area contributed by atoms with E-state index in [4.69, 9.17) is 5.73 Å². The van der Waals surface area contributed by atoms with Gasteiger partial charge in [-0.1, -0.05) is 102 Å². The lowest BCUT2D eigenvalue weighted by Gasteiger charge is -2.15. The third kappa shape index (κ3) is 13.1. The van der Waals surface area contributed by atoms with Gasteiger partial charge in [0.25, 0.3) is 10.1 Å². The fourth-order valence-electron chi connectivity index (χ4n) is 3.90. The van der Waals surface area contributed by atoms with E-state index in [1.807, 2.05) is 6.07 Å². The molecule has 4 nitrogen and oxygen atoms in total. The second-order valence-electron chi connectivity index (χ2n) is 8.41. The monoisotopic (exact) mass is 425 g/mol. The molecule has 1 saturated carbocycles. The van der Waals surface area contributed by atoms with Crippen LogP contribution < -0.4 is 5.73 Å². The first kappa shape index (κ1) is 26.1. The minimum atomic E-state index is -4.10. The number of aryl methyl sites for hydroxylation is 1. The smallest absolute Gasteiger partial charge is 0.294 e. The molecule has 5 heteroatoms. The quantitative estimate of drug-likeness (QED) is 0.289. The average Bonchev–Trinajstić information content (AvgIpc) is 2.70. The van der Waals surface area contributed by atoms with E-state index in [1.54, 1.807) is 12.1 Å². The van der Waals surface area contributed by atoms with E-state index < -0.39 is 10.1 Å². The molecule has 1 aliphatic rings. The Bertz CT molecular complexity index is 625. The molecule has 0 radical (unpaired) electrons. The number of benzene rings is 1. The fourth-order valence-corrected chi connectivity index (χ4v) is 4.65. The summed E-state index contributed by atoms with van der Waals surface area (Å²) in [4.78, 5) is 0.0610. The van der Waals surface area contributed by atoms with Gasteiger partial charge in [-0.3, -0.25) is 4.55 Å². The molecule has 0 amide bonds. The zero-order chi connectivity index (χ0) is 21.4. The molecule has 0 spiro atoms. The van der Waals surface area contributed by atoms with Crippen molar-refractivity contribution in [1.29, 1.82) is 0 Å². The van der Waals surface area contributed by atoms with Gasteiger partial charge in [0.2, 0.25) is 0 Å². The molecular formula is C24H43NO3S. The Morgan fingerprint density at radius 3 is 1.86 bits per heavy atom. The van der Waals surface area contributed by atoms with Crippen molar-refractivity contribution in [3.8, 4) is 0 Å². The van der Waals surface area contributed by atoms with E-state index in [1.165, 1.54) is 89.5 Å². The van der Waals surface area contributed by atoms with Gasteiger partial charge >= 0.3 is 0 Å². The summed E-state index contributed by atoms with van der Waals surface area (Å²) in [6.45, 7) is 2.24. The molecule has 29 heavy (non-hydrogen) atoms. The molecule has 0 aromatic heterocycles. The van der Waals surface area contributed by atoms with Crippen molar-refractivity contribution in [2.75, 3.05) is 0 Å². The number of unbranched alkanes of at least 4 members (excludes halogenated alkanes) is 9. The Morgan fingerprint density at radius 2 is 1.38 bits per heavy atom. The van der Waals surface area contributed by atoms with E-state index in [9.17, 15) is 13.0 Å². The van der Waals surface area contributed by atoms with E-state index in [0.29, 0.717) is 12.5 Å². The maximum Gasteiger partial charge on any atom is 0.294 e. The Hall–Kier alpha value is -0.910. The Balaban J connectivity index is 0.000000502. The summed E-state index contributed by atoms with van der Waals surface area (Å²) in [5, 5.41) is 0. The highest BCUT2D eigenvalue weighted by atomic mass is 32.2. The molecule has 0 aliphatic heterocycles. The first-order chi connectivity index (χ1) is 13.9. The Labute approximate surface area is 179 Å². The fraction of sp³-hybridized carbons (Fsp3) is 0.750. The van der Waals surface area contributed by atoms with Crippen molar-refractivity contribution < 1.29 is 13.0 Å². The molecule has 0 unspecified atom stereocenters. The third-order valence-electron chi connectivity index (χ3n) is 5.70. The number of hydrogen-bond acceptors (Lipinski definition) is 3. The Kier molecular flexibility index (Phi) is 14.3. The molecule has 1 aromatic carbocycles. The predicted molar refractivity (Wildman–Crippen MR) is 123 cm³/mol. The van der Waals surface area contributed by atoms with Gasteiger partial charge in [0.05, 0.1) is 4.90 Å². The van der Waals surface area contributed by atoms with Crippen LogP contribution in [0.3, 0.4) is 0 Å². The normalized spacial score (nSPS) is 15.0. The van der Waals surface area contributed by atoms with E-state index >= 15 is 0 Å². The summed E-state index contributed by atoms with van der Waals surface area (Å²) in [5.41, 5.74) is 6.36. The molecule has 0 atom stereocenters. The molecule has 168 valence electrons. The minimum absolute atomic E-state index is 0.0610. The zero-order valence-corrected chi connectivity index (χ0v) is 19.3. The summed E-state index contributed by atoms with van der Waals surface area (Å²) in [5.74, 6) is 0. The molecule has 1 fully saturated rings. The van der Waals surface area contributed by atoms with Crippen molar-refractivity contribution in [1.82, 2.24) is 0 Å². The SMILES string of the molecule is CCCCCCCCCCCCc1ccccc1S(=O)(=O)O.NC1CCCCC1. The predicted octanol–water partition coefficient (Wildman–Crippen LogP) is 6.67. The summed E-state index contributed by atoms with van der Waals surface area (Å²) in [6, 6.07) is 7.26. The van der Waals surface area contributed by atoms with Crippen molar-refractivity contribution >= 4 is 10.1 Å². The van der Waals surface area contributed by atoms with Crippen LogP contribution in [-0.2, 0) is 16.5 Å². The second kappa shape index (κ2) is 15.9. The molecule has 3 N–H and O–H groups in total. The second-order valence-corrected chi connectivity index (χ2v) is 9.80. The van der Waals surface area contributed by atoms with Crippen LogP contribution in [0.15, 0.2) is 29.2 Å². The lowest BCUT2D eigenvalue weighted by atomic mass is 9.97. The number of nitrogens with two attached hydrogens (primary N) is 1. The van der Waals surface area contributed by atoms with E-state index in [0.717, 1.165) is 18.4 Å². The molecule has 0 saturated heterocycles. The zero-order valence-electron chi connectivity index (χ0n) is 18.4. The molecule has 0 heterocycles. The average molecular weight is 426 g/mol. The van der Waals surface area contributed by atoms with Crippen LogP contribution in [0.25, 0.3) is 0 Å². The summed E-state index contributed by atoms with van der Waals surface area (Å²) in [6.07, 6.45) is 20.0. The lowest BCUT2D eigenvalue weighted by molar-refractivity contribution is 0.441. The highest BCUT2D eigenvalue weighted by molar-refractivity contribution is 7.85. The van der Waals surface area contributed by atoms with E-state index in [-0.39, 0.29) is 4.90 Å². The summed E-state index contributed by atoms with van der Waals surface area (Å²) >= 11 is 0. The van der Waals surface area contributed by atoms with Crippen LogP contribution in [0.2, 0.25) is 0 Å². The maximum absolute atomic E-state index is 11.3. The molecule has 1 aromatic rings. The van der Waals surface area contributed by atoms with Gasteiger partial charge in [-0.25, -0.2) is 0 Å². The van der Waals surface area contributed by atoms with Crippen molar-refractivity contribution in [3.05, 3.63) is 29.8 Å². The van der Waals surface area contributed by atoms with Crippen LogP contribution >= 0.6 is 0 Å². The summed E-state index contributed by atoms with van der Waals surface area (Å²) in [7, 11) is -4.10. The maximum atomic E-state index is 11.3. The van der Waals surface area contributed by atoms with Gasteiger partial charge in [-0.2, -0.15) is 8.42 Å². The first-order valence-corrected chi connectivity index (χ1v) is 13.2. The van der Waals surface area contributed by atoms with Gasteiger partial charge in [0, 0.05) is 6.04 Å². The van der Waals surface area contributed by atoms with Crippen molar-refractivity contribution in [2.24, 2.45) is 5.73 Å². The minimum Gasteiger partial charge on any atom is -0.328 e. The van der Waals surface area contributed by atoms with Crippen LogP contribution in [0.5, 0.6) is 0 Å². The number of hydrogen-bond donors (Lipinski definition) is 2. The molecule has 0 bridgehead atoms. The number of rotatable bonds is 12. The van der Waals surface area contributed by atoms with Crippen LogP contribution in [0.4, 0.5) is 0 Å². The third-order valence-corrected chi connectivity index (χ3v) is 6.65. The van der Waals surface area contributed by atoms with Gasteiger partial charge in [0.15, 0.2) is 0 Å². The van der Waals surface area contributed by atoms with Gasteiger partial charge in [-0.15, -0.1) is 0 Å². The molecule has 1 aliphatic carbocycles. The topological polar surface area (TPSA) is 80.4 Å². The molecule has 2 rings (SSSR count). The van der Waals surface area contributed by atoms with Gasteiger partial charge < -0.3 is 5.73 Å². The van der Waals surface area contributed by atoms with Crippen LogP contribution in [-0.4, -0.2) is 19.0 Å². The van der Waals surface area contributed by atoms with Gasteiger partial charge in [-0.05, 0) is 37.3 Å². The van der Waals surface area contributed by atoms with Gasteiger partial charge in [0.1, 0.15) is 0 Å². The highest BCUT2D eigenvalue weighted by Crippen LogP contribution is 2.18. The lowest BCUT2D eigenvalue weighted by Crippen LogP contribution is -2.22. The first-order valence-electron chi connectivity index (χ1n) is 11.8. The summed E-state index contributed by atoms with van der Waals surface area (Å²) < 4.78 is 31.8. The van der Waals surface area contributed by atoms with Crippen molar-refractivity contribution in [3.63, 3.8) is 0 Å². The van der Waals surface area contributed by atoms with Crippen LogP contribution in [0, 0.1) is 0 Å². The highest BCUT2D eigenvalue weighted by Gasteiger charge is 2.13. The van der Waals surface area contributed by atoms with Crippen LogP contribution in [0.1, 0.15) is 109 Å². The molecular weight excluding hydrogens is 382 g/mol. The van der Waals surface area contributed by atoms with Crippen molar-refractivity contribution in [2.45, 2.75) is 121 Å². The largest absolute Gasteiger partial charge is 0.328 e. The van der Waals surface area contributed by atoms with E-state index in [2.05, 4.69) is 6.92 Å². The Morgan fingerprint density at radius 1 is 0.862 bits per heavy atom. The standard InChI is InChI=1S/C18H30O3S.C6H13N/c1-2-3-4-5-6-7-8-9-10-11-14-17-15-12-13-16-18(17)22(19,20)21;7-6-4-2-1-3-5-6/h12-13,15-16H,2-11,14H2,1H3,(H,19,20,21);6H,1-5,7H2.